The van der Waals surface area contributed by atoms with Crippen molar-refractivity contribution in [1.29, 1.82) is 0 Å². The minimum absolute atomic E-state index is 0.149. The van der Waals surface area contributed by atoms with E-state index in [0.29, 0.717) is 18.8 Å². The summed E-state index contributed by atoms with van der Waals surface area (Å²) in [4.78, 5) is 29.3. The number of aryl methyl sites for hydroxylation is 2. The Morgan fingerprint density at radius 3 is 2.62 bits per heavy atom. The topological polar surface area (TPSA) is 83.6 Å². The Kier molecular flexibility index (Phi) is 5.48. The molecule has 0 radical (unpaired) electrons. The third-order valence-corrected chi connectivity index (χ3v) is 5.74. The van der Waals surface area contributed by atoms with Gasteiger partial charge < -0.3 is 10.3 Å². The summed E-state index contributed by atoms with van der Waals surface area (Å²) >= 11 is 1.69. The number of pyridine rings is 1. The molecule has 2 N–H and O–H groups in total. The zero-order chi connectivity index (χ0) is 20.2. The van der Waals surface area contributed by atoms with Gasteiger partial charge in [-0.3, -0.25) is 4.79 Å². The number of nitrogens with one attached hydrogen (secondary N) is 2. The van der Waals surface area contributed by atoms with Gasteiger partial charge in [0, 0.05) is 34.0 Å². The number of benzene rings is 1. The minimum atomic E-state index is -0.149. The van der Waals surface area contributed by atoms with Crippen LogP contribution in [0.4, 0.5) is 5.82 Å². The normalized spacial score (nSPS) is 10.8. The molecule has 6 nitrogen and oxygen atoms in total. The van der Waals surface area contributed by atoms with Gasteiger partial charge in [0.15, 0.2) is 0 Å². The largest absolute Gasteiger partial charge is 0.365 e. The van der Waals surface area contributed by atoms with Crippen molar-refractivity contribution in [3.8, 4) is 22.0 Å². The van der Waals surface area contributed by atoms with Crippen molar-refractivity contribution in [1.82, 2.24) is 19.9 Å². The summed E-state index contributed by atoms with van der Waals surface area (Å²) in [6.45, 7) is 4.66. The van der Waals surface area contributed by atoms with Crippen LogP contribution in [0.15, 0.2) is 59.5 Å². The second-order valence-electron chi connectivity index (χ2n) is 6.62. The molecule has 0 bridgehead atoms. The highest BCUT2D eigenvalue weighted by atomic mass is 32.1. The molecule has 3 aromatic heterocycles. The van der Waals surface area contributed by atoms with Gasteiger partial charge in [0.05, 0.1) is 12.2 Å². The molecule has 146 valence electrons. The van der Waals surface area contributed by atoms with Crippen molar-refractivity contribution in [2.75, 3.05) is 5.32 Å². The van der Waals surface area contributed by atoms with Crippen molar-refractivity contribution in [3.05, 3.63) is 81.3 Å². The van der Waals surface area contributed by atoms with Gasteiger partial charge in [0.2, 0.25) is 0 Å². The smallest absolute Gasteiger partial charge is 0.251 e. The first-order valence-corrected chi connectivity index (χ1v) is 10.3. The number of anilines is 1. The van der Waals surface area contributed by atoms with Crippen LogP contribution >= 0.6 is 11.3 Å². The molecule has 4 aromatic rings. The average Bonchev–Trinajstić information content (AvgIpc) is 3.13. The monoisotopic (exact) mass is 403 g/mol. The fourth-order valence-electron chi connectivity index (χ4n) is 2.93. The summed E-state index contributed by atoms with van der Waals surface area (Å²) in [5.74, 6) is 1.30. The van der Waals surface area contributed by atoms with E-state index in [1.165, 1.54) is 10.9 Å². The van der Waals surface area contributed by atoms with Gasteiger partial charge in [0.1, 0.15) is 16.6 Å². The molecule has 0 fully saturated rings. The van der Waals surface area contributed by atoms with Crippen LogP contribution in [0.2, 0.25) is 0 Å². The van der Waals surface area contributed by atoms with E-state index in [1.54, 1.807) is 17.5 Å². The number of aromatic amines is 1. The fourth-order valence-corrected chi connectivity index (χ4v) is 3.94. The van der Waals surface area contributed by atoms with Crippen molar-refractivity contribution in [2.24, 2.45) is 0 Å². The first-order valence-electron chi connectivity index (χ1n) is 9.44. The van der Waals surface area contributed by atoms with Gasteiger partial charge in [-0.25, -0.2) is 15.0 Å². The van der Waals surface area contributed by atoms with E-state index >= 15 is 0 Å². The second-order valence-corrected chi connectivity index (χ2v) is 7.70. The Hall–Kier alpha value is -3.32. The van der Waals surface area contributed by atoms with Crippen LogP contribution in [0.3, 0.4) is 0 Å². The number of nitrogens with zero attached hydrogens (tertiary/aromatic N) is 3. The Labute approximate surface area is 172 Å². The molecule has 0 aliphatic rings. The maximum Gasteiger partial charge on any atom is 0.251 e. The summed E-state index contributed by atoms with van der Waals surface area (Å²) in [6.07, 6.45) is 2.43. The lowest BCUT2D eigenvalue weighted by Crippen LogP contribution is -2.10. The lowest BCUT2D eigenvalue weighted by atomic mass is 10.2. The number of rotatable bonds is 6. The average molecular weight is 404 g/mol. The van der Waals surface area contributed by atoms with Crippen LogP contribution in [0.5, 0.6) is 0 Å². The van der Waals surface area contributed by atoms with E-state index in [0.717, 1.165) is 33.3 Å². The molecule has 0 aliphatic heterocycles. The van der Waals surface area contributed by atoms with Gasteiger partial charge in [-0.2, -0.15) is 0 Å². The highest BCUT2D eigenvalue weighted by molar-refractivity contribution is 7.15. The Bertz CT molecular complexity index is 1170. The molecule has 3 heterocycles. The van der Waals surface area contributed by atoms with E-state index in [2.05, 4.69) is 37.4 Å². The third-order valence-electron chi connectivity index (χ3n) is 4.54. The van der Waals surface area contributed by atoms with E-state index in [-0.39, 0.29) is 5.56 Å². The van der Waals surface area contributed by atoms with E-state index in [4.69, 9.17) is 0 Å². The van der Waals surface area contributed by atoms with Gasteiger partial charge >= 0.3 is 0 Å². The fraction of sp³-hybridized carbons (Fsp3) is 0.182. The van der Waals surface area contributed by atoms with Crippen LogP contribution < -0.4 is 10.9 Å². The van der Waals surface area contributed by atoms with Gasteiger partial charge in [-0.15, -0.1) is 11.3 Å². The second kappa shape index (κ2) is 8.36. The zero-order valence-electron chi connectivity index (χ0n) is 16.3. The molecule has 0 amide bonds. The number of thiazole rings is 1. The molecule has 0 saturated heterocycles. The SMILES string of the molecule is CCc1cc(=O)[nH]c(-c2ccc(NCc3sc(-c4ccccc4)nc3C)nc2)n1. The predicted molar refractivity (Wildman–Crippen MR) is 117 cm³/mol. The molecule has 0 atom stereocenters. The van der Waals surface area contributed by atoms with Crippen molar-refractivity contribution < 1.29 is 0 Å². The van der Waals surface area contributed by atoms with Crippen LogP contribution in [0.25, 0.3) is 22.0 Å². The summed E-state index contributed by atoms with van der Waals surface area (Å²) in [6, 6.07) is 15.5. The lowest BCUT2D eigenvalue weighted by molar-refractivity contribution is 0.985. The first kappa shape index (κ1) is 19.0. The van der Waals surface area contributed by atoms with Crippen LogP contribution in [0, 0.1) is 6.92 Å². The van der Waals surface area contributed by atoms with Gasteiger partial charge in [0.25, 0.3) is 5.56 Å². The maximum absolute atomic E-state index is 11.8. The summed E-state index contributed by atoms with van der Waals surface area (Å²) in [5, 5.41) is 4.37. The Balaban J connectivity index is 1.47. The van der Waals surface area contributed by atoms with Crippen molar-refractivity contribution in [3.63, 3.8) is 0 Å². The third kappa shape index (κ3) is 4.41. The minimum Gasteiger partial charge on any atom is -0.365 e. The van der Waals surface area contributed by atoms with E-state index < -0.39 is 0 Å². The molecular weight excluding hydrogens is 382 g/mol. The van der Waals surface area contributed by atoms with Crippen LogP contribution in [-0.4, -0.2) is 19.9 Å². The molecule has 4 rings (SSSR count). The van der Waals surface area contributed by atoms with Crippen LogP contribution in [-0.2, 0) is 13.0 Å². The zero-order valence-corrected chi connectivity index (χ0v) is 17.1. The van der Waals surface area contributed by atoms with Crippen molar-refractivity contribution >= 4 is 17.2 Å². The van der Waals surface area contributed by atoms with E-state index in [1.807, 2.05) is 44.2 Å². The molecule has 1 aromatic carbocycles. The Morgan fingerprint density at radius 2 is 1.90 bits per heavy atom. The Morgan fingerprint density at radius 1 is 1.07 bits per heavy atom. The van der Waals surface area contributed by atoms with Crippen LogP contribution in [0.1, 0.15) is 23.2 Å². The summed E-state index contributed by atoms with van der Waals surface area (Å²) in [5.41, 5.74) is 3.55. The predicted octanol–water partition coefficient (Wildman–Crippen LogP) is 4.44. The summed E-state index contributed by atoms with van der Waals surface area (Å²) < 4.78 is 0. The van der Waals surface area contributed by atoms with Gasteiger partial charge in [-0.05, 0) is 25.5 Å². The summed E-state index contributed by atoms with van der Waals surface area (Å²) in [7, 11) is 0. The highest BCUT2D eigenvalue weighted by Crippen LogP contribution is 2.28. The lowest BCUT2D eigenvalue weighted by Gasteiger charge is -2.06. The quantitative estimate of drug-likeness (QED) is 0.497. The molecule has 0 aliphatic carbocycles. The number of hydrogen-bond donors (Lipinski definition) is 2. The van der Waals surface area contributed by atoms with Gasteiger partial charge in [-0.1, -0.05) is 37.3 Å². The molecule has 0 spiro atoms. The standard InChI is InChI=1S/C22H21N5OS/c1-3-17-11-20(28)27-21(26-17)16-9-10-19(23-12-16)24-13-18-14(2)25-22(29-18)15-7-5-4-6-8-15/h4-12H,3,13H2,1-2H3,(H,23,24)(H,26,27,28). The number of hydrogen-bond acceptors (Lipinski definition) is 6. The van der Waals surface area contributed by atoms with E-state index in [9.17, 15) is 4.79 Å². The molecule has 7 heteroatoms. The molecule has 0 saturated carbocycles. The maximum atomic E-state index is 11.8. The molecule has 0 unspecified atom stereocenters. The highest BCUT2D eigenvalue weighted by Gasteiger charge is 2.10. The van der Waals surface area contributed by atoms with Crippen molar-refractivity contribution in [2.45, 2.75) is 26.8 Å². The number of H-pyrrole nitrogens is 1. The first-order chi connectivity index (χ1) is 14.1. The molecule has 29 heavy (non-hydrogen) atoms. The molecular formula is C22H21N5OS. The number of aromatic nitrogens is 4.